The quantitative estimate of drug-likeness (QED) is 0.0859. The molecule has 1 aliphatic carbocycles. The van der Waals surface area contributed by atoms with Crippen LogP contribution >= 0.6 is 70.4 Å². The van der Waals surface area contributed by atoms with Crippen LogP contribution in [0.15, 0.2) is 353 Å². The molecule has 5 amide bonds. The molecule has 12 aromatic rings. The zero-order valence-corrected chi connectivity index (χ0v) is 72.4. The molecule has 10 heterocycles. The number of aryl methyl sites for hydroxylation is 1. The second kappa shape index (κ2) is 36.2. The van der Waals surface area contributed by atoms with Crippen LogP contribution in [0.3, 0.4) is 0 Å². The molecule has 0 fully saturated rings. The molecule has 10 aliphatic heterocycles. The Morgan fingerprint density at radius 2 is 0.724 bits per heavy atom. The van der Waals surface area contributed by atoms with Crippen LogP contribution in [0.4, 0.5) is 28.4 Å². The maximum atomic E-state index is 13.9. The number of hydrazone groups is 5. The number of nitrogens with one attached hydrogen (secondary N) is 5. The van der Waals surface area contributed by atoms with Gasteiger partial charge in [-0.25, -0.2) is 0 Å². The number of benzene rings is 12. The molecule has 0 saturated heterocycles. The molecule has 11 aliphatic rings. The molecule has 5 spiro atoms. The molecule has 6 unspecified atom stereocenters. The lowest BCUT2D eigenvalue weighted by atomic mass is 9.98. The van der Waals surface area contributed by atoms with Crippen molar-refractivity contribution in [2.75, 3.05) is 45.6 Å². The molecule has 0 bridgehead atoms. The molecular weight excluding hydrogens is 1700 g/mol. The molecule has 638 valence electrons. The Bertz CT molecular complexity index is 6500. The van der Waals surface area contributed by atoms with Gasteiger partial charge in [0.15, 0.2) is 0 Å². The standard InChI is InChI=1S/C26H19N3OS.C22H16ClN3OS.C17H15N3OS.C17H17N3OS.C16H13N3OS.3CH4/c30-25-26(28-27-24(31-26)19-10-2-1-3-11-19)22-15-6-7-16-23(22)29(25)17-20-13-8-12-18-9-4-5-14-21(18)20;23-17-12-10-15(11-13-17)14-26-19-9-5-4-8-18(19)22(21(26)27)25-24-20(28-22)16-6-2-1-3-7-16;1-11-8-9-14-13(10-11)17(16(21)20(14)2)19-18-15(22-17)12-6-4-3-5-7-12;1-20-14-10-6-5-9-13(14)17(16(20)21)19-18-15(22-17)11-12-7-3-2-4-8-12;1-19-13-10-6-5-9-12(13)16(15(19)20)18-17-14(21-16)11-7-3-2-4-8-11;;;/h1-16,28H,17H2;1-13,25H,14H2;3-10,19H,1-2H3;2-7,9-10,12,19H,8,11H2,1H3;2-10,18H,1H3;3*1H4. The summed E-state index contributed by atoms with van der Waals surface area (Å²) in [5.41, 5.74) is 32.5. The number of halogens is 1. The first kappa shape index (κ1) is 87.6. The van der Waals surface area contributed by atoms with Crippen LogP contribution in [0.1, 0.15) is 102 Å². The predicted octanol–water partition coefficient (Wildman–Crippen LogP) is 20.2. The highest BCUT2D eigenvalue weighted by atomic mass is 35.5. The summed E-state index contributed by atoms with van der Waals surface area (Å²) in [7, 11) is 5.44. The molecule has 5 N–H and O–H groups in total. The zero-order chi connectivity index (χ0) is 84.9. The van der Waals surface area contributed by atoms with Gasteiger partial charge in [0.25, 0.3) is 29.5 Å². The van der Waals surface area contributed by atoms with Gasteiger partial charge in [-0.05, 0) is 83.6 Å². The van der Waals surface area contributed by atoms with E-state index in [1.54, 1.807) is 33.5 Å². The van der Waals surface area contributed by atoms with Crippen LogP contribution in [0.5, 0.6) is 0 Å². The first-order valence-electron chi connectivity index (χ1n) is 40.4. The van der Waals surface area contributed by atoms with E-state index in [4.69, 9.17) is 11.6 Å². The van der Waals surface area contributed by atoms with Crippen LogP contribution in [-0.2, 0) is 61.4 Å². The topological polar surface area (TPSA) is 224 Å². The van der Waals surface area contributed by atoms with Crippen LogP contribution in [0.25, 0.3) is 10.8 Å². The molecular formula is C101H92ClN15O5S5. The van der Waals surface area contributed by atoms with E-state index in [-0.39, 0.29) is 51.8 Å². The largest absolute Gasteiger partial charge is 0.312 e. The van der Waals surface area contributed by atoms with Gasteiger partial charge in [-0.2, -0.15) is 25.5 Å². The Kier molecular flexibility index (Phi) is 25.0. The van der Waals surface area contributed by atoms with Crippen molar-refractivity contribution in [2.24, 2.45) is 31.4 Å². The predicted molar refractivity (Wildman–Crippen MR) is 528 cm³/mol. The zero-order valence-electron chi connectivity index (χ0n) is 67.5. The van der Waals surface area contributed by atoms with E-state index in [0.717, 1.165) is 133 Å². The summed E-state index contributed by atoms with van der Waals surface area (Å²) in [5.74, 6) is 0.565. The Morgan fingerprint density at radius 3 is 1.17 bits per heavy atom. The highest BCUT2D eigenvalue weighted by molar-refractivity contribution is 8.17. The van der Waals surface area contributed by atoms with Crippen molar-refractivity contribution in [3.63, 3.8) is 0 Å². The normalized spacial score (nSPS) is 22.0. The third-order valence-electron chi connectivity index (χ3n) is 23.2. The molecule has 0 radical (unpaired) electrons. The van der Waals surface area contributed by atoms with Gasteiger partial charge in [-0.15, -0.1) is 0 Å². The fourth-order valence-corrected chi connectivity index (χ4v) is 23.2. The minimum atomic E-state index is -0.924. The van der Waals surface area contributed by atoms with E-state index >= 15 is 0 Å². The maximum absolute atomic E-state index is 13.9. The Labute approximate surface area is 765 Å². The number of hydrogen-bond donors (Lipinski definition) is 5. The number of hydrogen-bond acceptors (Lipinski definition) is 20. The van der Waals surface area contributed by atoms with Crippen LogP contribution in [0.2, 0.25) is 5.02 Å². The summed E-state index contributed by atoms with van der Waals surface area (Å²) in [6, 6.07) is 99.7. The van der Waals surface area contributed by atoms with Gasteiger partial charge < -0.3 is 24.5 Å². The number of carbonyl (C=O) groups is 5. The number of rotatable bonds is 10. The summed E-state index contributed by atoms with van der Waals surface area (Å²) < 4.78 is 0. The smallest absolute Gasteiger partial charge is 0.270 e. The molecule has 26 heteroatoms. The second-order valence-electron chi connectivity index (χ2n) is 30.9. The summed E-state index contributed by atoms with van der Waals surface area (Å²) in [5, 5.41) is 29.8. The van der Waals surface area contributed by atoms with Crippen molar-refractivity contribution >= 4 is 164 Å². The second-order valence-corrected chi connectivity index (χ2v) is 37.4. The lowest BCUT2D eigenvalue weighted by Gasteiger charge is -2.23. The van der Waals surface area contributed by atoms with E-state index in [1.807, 2.05) is 298 Å². The number of carbonyl (C=O) groups excluding carboxylic acids is 5. The minimum absolute atomic E-state index is 0. The number of thioether (sulfide) groups is 5. The maximum Gasteiger partial charge on any atom is 0.270 e. The average Bonchev–Trinajstić information content (AvgIpc) is 1.60. The van der Waals surface area contributed by atoms with Crippen molar-refractivity contribution in [3.05, 3.63) is 399 Å². The van der Waals surface area contributed by atoms with Crippen molar-refractivity contribution in [2.45, 2.75) is 79.5 Å². The molecule has 127 heavy (non-hydrogen) atoms. The fourth-order valence-electron chi connectivity index (χ4n) is 16.9. The van der Waals surface area contributed by atoms with Crippen molar-refractivity contribution in [1.82, 2.24) is 27.1 Å². The van der Waals surface area contributed by atoms with Crippen LogP contribution < -0.4 is 51.6 Å². The summed E-state index contributed by atoms with van der Waals surface area (Å²) in [6.45, 7) is 3.04. The first-order valence-corrected chi connectivity index (χ1v) is 44.9. The summed E-state index contributed by atoms with van der Waals surface area (Å²) in [6.07, 6.45) is 10.5. The van der Waals surface area contributed by atoms with Crippen LogP contribution in [0, 0.1) is 12.8 Å². The third kappa shape index (κ3) is 15.7. The molecule has 23 rings (SSSR count). The van der Waals surface area contributed by atoms with Gasteiger partial charge in [-0.3, -0.25) is 51.1 Å². The Balaban J connectivity index is 0.000000117. The van der Waals surface area contributed by atoms with Gasteiger partial charge in [0.05, 0.1) is 46.6 Å². The van der Waals surface area contributed by atoms with Crippen LogP contribution in [-0.4, -0.2) is 75.9 Å². The number of allylic oxidation sites excluding steroid dienone is 4. The Hall–Kier alpha value is -12.9. The third-order valence-corrected chi connectivity index (χ3v) is 29.9. The monoisotopic (exact) mass is 1790 g/mol. The number of anilines is 5. The van der Waals surface area contributed by atoms with Gasteiger partial charge in [0, 0.05) is 82.7 Å². The van der Waals surface area contributed by atoms with Crippen molar-refractivity contribution in [1.29, 1.82) is 0 Å². The van der Waals surface area contributed by atoms with Crippen molar-refractivity contribution in [3.8, 4) is 0 Å². The van der Waals surface area contributed by atoms with E-state index < -0.39 is 24.4 Å². The van der Waals surface area contributed by atoms with Gasteiger partial charge >= 0.3 is 0 Å². The average molecular weight is 1790 g/mol. The highest BCUT2D eigenvalue weighted by Crippen LogP contribution is 2.56. The van der Waals surface area contributed by atoms with Gasteiger partial charge in [-0.1, -0.05) is 383 Å². The van der Waals surface area contributed by atoms with E-state index in [2.05, 4.69) is 113 Å². The molecule has 12 aromatic carbocycles. The van der Waals surface area contributed by atoms with Gasteiger partial charge in [0.2, 0.25) is 24.4 Å². The number of amides is 5. The highest BCUT2D eigenvalue weighted by Gasteiger charge is 2.60. The molecule has 0 saturated carbocycles. The molecule has 0 aromatic heterocycles. The van der Waals surface area contributed by atoms with Crippen molar-refractivity contribution < 1.29 is 24.0 Å². The first-order chi connectivity index (χ1) is 60.5. The minimum Gasteiger partial charge on any atom is -0.312 e. The van der Waals surface area contributed by atoms with E-state index in [0.29, 0.717) is 24.0 Å². The number of likely N-dealkylation sites (N-methyl/N-ethyl adjacent to an activating group) is 3. The summed E-state index contributed by atoms with van der Waals surface area (Å²) >= 11 is 13.5. The lowest BCUT2D eigenvalue weighted by molar-refractivity contribution is -0.121. The summed E-state index contributed by atoms with van der Waals surface area (Å²) in [4.78, 5) is 70.4. The van der Waals surface area contributed by atoms with Gasteiger partial charge in [0.1, 0.15) is 20.2 Å². The van der Waals surface area contributed by atoms with E-state index in [1.165, 1.54) is 57.8 Å². The molecule has 6 atom stereocenters. The SMILES string of the molecule is C.C.C.CN1C(=O)C2(NN=C(CC3C=CC=CC3)S2)c2ccccc21.CN1C(=O)C2(NN=C(c3ccccc3)S2)c2ccccc21.Cc1ccc2c(c1)C1(NN=C(c3ccccc3)S1)C(=O)N2C.O=C1N(Cc2ccc(Cl)cc2)c2ccccc2C12NN=C(c1ccccc1)S2.O=C1N(Cc2cccc3ccccc23)c2ccccc2C12NN=C(c1ccccc1)S2. The lowest BCUT2D eigenvalue weighted by Crippen LogP contribution is -2.44. The van der Waals surface area contributed by atoms with E-state index in [9.17, 15) is 24.0 Å². The molecule has 20 nitrogen and oxygen atoms in total. The number of fused-ring (bicyclic) bond motifs is 11. The Morgan fingerprint density at radius 1 is 0.362 bits per heavy atom. The number of nitrogens with zero attached hydrogens (tertiary/aromatic N) is 10. The fraction of sp³-hybridized carbons (Fsp3) is 0.168. The number of para-hydroxylation sites is 4.